The summed E-state index contributed by atoms with van der Waals surface area (Å²) in [5.74, 6) is 0. The van der Waals surface area contributed by atoms with Crippen molar-refractivity contribution in [2.24, 2.45) is 0 Å². The molecule has 0 bridgehead atoms. The molecule has 24 heavy (non-hydrogen) atoms. The van der Waals surface area contributed by atoms with Crippen molar-refractivity contribution in [1.29, 1.82) is 0 Å². The molecule has 1 N–H and O–H groups in total. The highest BCUT2D eigenvalue weighted by Gasteiger charge is 2.04. The highest BCUT2D eigenvalue weighted by Crippen LogP contribution is 2.20. The molecule has 0 radical (unpaired) electrons. The van der Waals surface area contributed by atoms with Gasteiger partial charge in [0.25, 0.3) is 5.56 Å². The van der Waals surface area contributed by atoms with Crippen molar-refractivity contribution in [2.45, 2.75) is 12.8 Å². The van der Waals surface area contributed by atoms with Crippen molar-refractivity contribution in [1.82, 2.24) is 4.98 Å². The zero-order valence-corrected chi connectivity index (χ0v) is 13.8. The van der Waals surface area contributed by atoms with Crippen LogP contribution < -0.4 is 5.56 Å². The summed E-state index contributed by atoms with van der Waals surface area (Å²) in [4.78, 5) is 15.4. The van der Waals surface area contributed by atoms with Gasteiger partial charge in [-0.05, 0) is 41.5 Å². The van der Waals surface area contributed by atoms with Crippen LogP contribution in [0.4, 0.5) is 0 Å². The number of benzene rings is 2. The van der Waals surface area contributed by atoms with Crippen LogP contribution in [0, 0.1) is 0 Å². The maximum absolute atomic E-state index is 12.4. The zero-order valence-electron chi connectivity index (χ0n) is 13.8. The van der Waals surface area contributed by atoms with E-state index in [1.807, 2.05) is 54.6 Å². The number of pyridine rings is 1. The van der Waals surface area contributed by atoms with E-state index in [1.165, 1.54) is 0 Å². The number of aromatic amines is 1. The van der Waals surface area contributed by atoms with E-state index < -0.39 is 0 Å². The van der Waals surface area contributed by atoms with Gasteiger partial charge in [0.2, 0.25) is 0 Å². The Bertz CT molecular complexity index is 895. The number of hydrogen-bond donors (Lipinski definition) is 1. The topological polar surface area (TPSA) is 42.1 Å². The molecule has 3 aromatic rings. The Balaban J connectivity index is 1.89. The van der Waals surface area contributed by atoms with E-state index in [9.17, 15) is 4.79 Å². The van der Waals surface area contributed by atoms with E-state index in [-0.39, 0.29) is 5.56 Å². The smallest absolute Gasteiger partial charge is 0.256 e. The molecule has 0 aliphatic heterocycles. The zero-order chi connectivity index (χ0) is 16.8. The molecule has 0 aliphatic rings. The van der Waals surface area contributed by atoms with Crippen LogP contribution in [0.5, 0.6) is 0 Å². The summed E-state index contributed by atoms with van der Waals surface area (Å²) in [6.45, 7) is 0.768. The first kappa shape index (κ1) is 16.2. The average molecular weight is 319 g/mol. The van der Waals surface area contributed by atoms with Crippen molar-refractivity contribution in [3.05, 3.63) is 76.6 Å². The number of unbranched alkanes of at least 4 members (excludes halogenated alkanes) is 1. The van der Waals surface area contributed by atoms with Crippen LogP contribution in [-0.2, 0) is 4.74 Å². The summed E-state index contributed by atoms with van der Waals surface area (Å²) >= 11 is 0. The molecule has 3 rings (SSSR count). The lowest BCUT2D eigenvalue weighted by Crippen LogP contribution is -2.07. The number of ether oxygens (including phenoxy) is 1. The molecule has 1 aromatic heterocycles. The minimum Gasteiger partial charge on any atom is -0.385 e. The van der Waals surface area contributed by atoms with Gasteiger partial charge in [0.15, 0.2) is 0 Å². The van der Waals surface area contributed by atoms with Gasteiger partial charge < -0.3 is 9.72 Å². The van der Waals surface area contributed by atoms with Gasteiger partial charge in [0, 0.05) is 24.8 Å². The number of fused-ring (bicyclic) bond motifs is 1. The third kappa shape index (κ3) is 3.81. The van der Waals surface area contributed by atoms with E-state index in [4.69, 9.17) is 4.74 Å². The molecule has 0 aliphatic carbocycles. The second-order valence-corrected chi connectivity index (χ2v) is 5.76. The number of rotatable bonds is 6. The average Bonchev–Trinajstić information content (AvgIpc) is 2.62. The molecule has 3 nitrogen and oxygen atoms in total. The molecule has 3 heteroatoms. The number of methoxy groups -OCH3 is 1. The molecular weight excluding hydrogens is 298 g/mol. The van der Waals surface area contributed by atoms with Crippen molar-refractivity contribution in [3.8, 4) is 11.3 Å². The molecular formula is C21H21NO2. The standard InChI is InChI=1S/C21H21NO2/c1-24-13-7-3-4-8-16-11-12-18-15-20(17-9-5-2-6-10-17)22-21(23)19(18)14-16/h2,4-6,8-12,14-15H,3,7,13H2,1H3,(H,22,23)/b8-4+. The maximum atomic E-state index is 12.4. The molecule has 0 unspecified atom stereocenters. The van der Waals surface area contributed by atoms with Gasteiger partial charge in [-0.2, -0.15) is 0 Å². The van der Waals surface area contributed by atoms with Gasteiger partial charge in [-0.3, -0.25) is 4.79 Å². The van der Waals surface area contributed by atoms with Gasteiger partial charge in [-0.1, -0.05) is 54.6 Å². The molecule has 0 spiro atoms. The van der Waals surface area contributed by atoms with Crippen LogP contribution in [0.2, 0.25) is 0 Å². The Morgan fingerprint density at radius 1 is 1.08 bits per heavy atom. The Morgan fingerprint density at radius 3 is 2.71 bits per heavy atom. The van der Waals surface area contributed by atoms with Crippen molar-refractivity contribution >= 4 is 16.8 Å². The summed E-state index contributed by atoms with van der Waals surface area (Å²) < 4.78 is 5.04. The normalized spacial score (nSPS) is 11.4. The van der Waals surface area contributed by atoms with E-state index >= 15 is 0 Å². The molecule has 0 atom stereocenters. The van der Waals surface area contributed by atoms with Crippen LogP contribution in [0.25, 0.3) is 28.1 Å². The molecule has 0 saturated heterocycles. The molecule has 122 valence electrons. The predicted molar refractivity (Wildman–Crippen MR) is 100 cm³/mol. The lowest BCUT2D eigenvalue weighted by Gasteiger charge is -2.05. The lowest BCUT2D eigenvalue weighted by atomic mass is 10.0. The lowest BCUT2D eigenvalue weighted by molar-refractivity contribution is 0.196. The van der Waals surface area contributed by atoms with E-state index in [1.54, 1.807) is 7.11 Å². The monoisotopic (exact) mass is 319 g/mol. The minimum atomic E-state index is -0.0546. The van der Waals surface area contributed by atoms with Gasteiger partial charge in [0.05, 0.1) is 0 Å². The molecule has 2 aromatic carbocycles. The van der Waals surface area contributed by atoms with Crippen molar-refractivity contribution in [2.75, 3.05) is 13.7 Å². The van der Waals surface area contributed by atoms with Crippen molar-refractivity contribution < 1.29 is 4.74 Å². The molecule has 0 amide bonds. The predicted octanol–water partition coefficient (Wildman–Crippen LogP) is 4.63. The summed E-state index contributed by atoms with van der Waals surface area (Å²) in [6.07, 6.45) is 6.14. The maximum Gasteiger partial charge on any atom is 0.256 e. The fourth-order valence-corrected chi connectivity index (χ4v) is 2.72. The van der Waals surface area contributed by atoms with Gasteiger partial charge in [-0.15, -0.1) is 0 Å². The van der Waals surface area contributed by atoms with Gasteiger partial charge >= 0.3 is 0 Å². The number of allylic oxidation sites excluding steroid dienone is 1. The van der Waals surface area contributed by atoms with E-state index in [0.717, 1.165) is 41.7 Å². The molecule has 0 saturated carbocycles. The summed E-state index contributed by atoms with van der Waals surface area (Å²) in [5, 5.41) is 1.67. The van der Waals surface area contributed by atoms with Crippen LogP contribution in [0.15, 0.2) is 65.5 Å². The third-order valence-electron chi connectivity index (χ3n) is 3.98. The fourth-order valence-electron chi connectivity index (χ4n) is 2.72. The first-order valence-electron chi connectivity index (χ1n) is 8.16. The van der Waals surface area contributed by atoms with Crippen LogP contribution in [0.3, 0.4) is 0 Å². The number of nitrogens with one attached hydrogen (secondary N) is 1. The Kier molecular flexibility index (Phi) is 5.24. The Morgan fingerprint density at radius 2 is 1.92 bits per heavy atom. The van der Waals surface area contributed by atoms with Crippen molar-refractivity contribution in [3.63, 3.8) is 0 Å². The molecule has 1 heterocycles. The summed E-state index contributed by atoms with van der Waals surface area (Å²) in [6, 6.07) is 17.9. The van der Waals surface area contributed by atoms with Crippen LogP contribution in [-0.4, -0.2) is 18.7 Å². The highest BCUT2D eigenvalue weighted by atomic mass is 16.5. The Hall–Kier alpha value is -2.65. The molecule has 0 fully saturated rings. The summed E-state index contributed by atoms with van der Waals surface area (Å²) in [5.41, 5.74) is 2.84. The van der Waals surface area contributed by atoms with Gasteiger partial charge in [-0.25, -0.2) is 0 Å². The number of hydrogen-bond acceptors (Lipinski definition) is 2. The minimum absolute atomic E-state index is 0.0546. The third-order valence-corrected chi connectivity index (χ3v) is 3.98. The summed E-state index contributed by atoms with van der Waals surface area (Å²) in [7, 11) is 1.71. The quantitative estimate of drug-likeness (QED) is 0.673. The first-order valence-corrected chi connectivity index (χ1v) is 8.16. The first-order chi connectivity index (χ1) is 11.8. The van der Waals surface area contributed by atoms with Crippen LogP contribution >= 0.6 is 0 Å². The Labute approximate surface area is 141 Å². The second kappa shape index (κ2) is 7.75. The highest BCUT2D eigenvalue weighted by molar-refractivity contribution is 5.86. The largest absolute Gasteiger partial charge is 0.385 e. The fraction of sp³-hybridized carbons (Fsp3) is 0.190. The van der Waals surface area contributed by atoms with Gasteiger partial charge in [0.1, 0.15) is 0 Å². The van der Waals surface area contributed by atoms with E-state index in [2.05, 4.69) is 17.1 Å². The number of aromatic nitrogens is 1. The second-order valence-electron chi connectivity index (χ2n) is 5.76. The van der Waals surface area contributed by atoms with Crippen LogP contribution in [0.1, 0.15) is 18.4 Å². The van der Waals surface area contributed by atoms with E-state index in [0.29, 0.717) is 5.39 Å². The SMILES string of the molecule is COCCC/C=C/c1ccc2cc(-c3ccccc3)[nH]c(=O)c2c1. The number of H-pyrrole nitrogens is 1.